The van der Waals surface area contributed by atoms with E-state index in [0.29, 0.717) is 36.1 Å². The van der Waals surface area contributed by atoms with Crippen molar-refractivity contribution in [1.82, 2.24) is 19.2 Å². The Morgan fingerprint density at radius 2 is 1.91 bits per heavy atom. The molecule has 2 aromatic carbocycles. The number of carbonyl (C=O) groups is 1. The van der Waals surface area contributed by atoms with Gasteiger partial charge in [-0.15, -0.1) is 6.58 Å². The molecule has 0 saturated heterocycles. The fraction of sp³-hybridized carbons (Fsp3) is 0.304. The molecule has 176 valence electrons. The zero-order chi connectivity index (χ0) is 24.0. The van der Waals surface area contributed by atoms with Gasteiger partial charge in [-0.3, -0.25) is 9.36 Å². The predicted octanol–water partition coefficient (Wildman–Crippen LogP) is 3.46. The fourth-order valence-corrected chi connectivity index (χ4v) is 5.69. The average Bonchev–Trinajstić information content (AvgIpc) is 3.19. The molecule has 0 saturated carbocycles. The van der Waals surface area contributed by atoms with Crippen LogP contribution in [0.1, 0.15) is 13.8 Å². The summed E-state index contributed by atoms with van der Waals surface area (Å²) < 4.78 is 34.6. The Balaban J connectivity index is 2.07. The number of hydrogen-bond donors (Lipinski definition) is 1. The van der Waals surface area contributed by atoms with E-state index in [1.54, 1.807) is 31.4 Å². The van der Waals surface area contributed by atoms with Gasteiger partial charge in [-0.25, -0.2) is 13.4 Å². The Hall–Kier alpha value is -2.82. The van der Waals surface area contributed by atoms with E-state index in [-0.39, 0.29) is 16.6 Å². The number of nitrogens with zero attached hydrogens (tertiary/aromatic N) is 3. The molecule has 0 fully saturated rings. The lowest BCUT2D eigenvalue weighted by Gasteiger charge is -2.18. The Kier molecular flexibility index (Phi) is 8.17. The summed E-state index contributed by atoms with van der Waals surface area (Å²) in [6.07, 6.45) is 1.62. The van der Waals surface area contributed by atoms with Gasteiger partial charge in [-0.05, 0) is 42.5 Å². The number of thioether (sulfide) groups is 1. The van der Waals surface area contributed by atoms with E-state index in [1.807, 2.05) is 42.7 Å². The molecule has 0 aliphatic carbocycles. The maximum Gasteiger partial charge on any atom is 0.243 e. The highest BCUT2D eigenvalue weighted by atomic mass is 32.2. The predicted molar refractivity (Wildman–Crippen MR) is 132 cm³/mol. The van der Waals surface area contributed by atoms with Gasteiger partial charge >= 0.3 is 0 Å². The number of methoxy groups -OCH3 is 1. The molecule has 1 heterocycles. The summed E-state index contributed by atoms with van der Waals surface area (Å²) in [5, 5.41) is 3.33. The first-order chi connectivity index (χ1) is 15.8. The van der Waals surface area contributed by atoms with Crippen molar-refractivity contribution in [2.45, 2.75) is 23.9 Å². The number of hydrogen-bond acceptors (Lipinski definition) is 6. The van der Waals surface area contributed by atoms with Crippen molar-refractivity contribution in [3.8, 4) is 11.4 Å². The highest BCUT2D eigenvalue weighted by molar-refractivity contribution is 7.99. The molecule has 0 aliphatic heterocycles. The Morgan fingerprint density at radius 1 is 1.21 bits per heavy atom. The molecule has 1 N–H and O–H groups in total. The van der Waals surface area contributed by atoms with Crippen LogP contribution in [0, 0.1) is 0 Å². The Morgan fingerprint density at radius 3 is 2.52 bits per heavy atom. The lowest BCUT2D eigenvalue weighted by molar-refractivity contribution is -0.118. The highest BCUT2D eigenvalue weighted by Gasteiger charge is 2.23. The number of aromatic nitrogens is 2. The zero-order valence-corrected chi connectivity index (χ0v) is 20.6. The monoisotopic (exact) mass is 488 g/mol. The van der Waals surface area contributed by atoms with Crippen molar-refractivity contribution < 1.29 is 17.9 Å². The SMILES string of the molecule is C=CCNC(=O)CSc1nc2cc(S(=O)(=O)N(CC)CC)ccc2n1-c1ccc(OC)cc1. The van der Waals surface area contributed by atoms with Crippen LogP contribution in [0.2, 0.25) is 0 Å². The fourth-order valence-electron chi connectivity index (χ4n) is 3.36. The Labute approximate surface area is 198 Å². The minimum Gasteiger partial charge on any atom is -0.497 e. The normalized spacial score (nSPS) is 11.6. The molecule has 0 spiro atoms. The molecule has 10 heteroatoms. The van der Waals surface area contributed by atoms with E-state index in [4.69, 9.17) is 4.74 Å². The minimum absolute atomic E-state index is 0.141. The van der Waals surface area contributed by atoms with Gasteiger partial charge < -0.3 is 10.1 Å². The second-order valence-corrected chi connectivity index (χ2v) is 9.93. The largest absolute Gasteiger partial charge is 0.497 e. The molecular weight excluding hydrogens is 460 g/mol. The number of ether oxygens (including phenoxy) is 1. The molecule has 0 bridgehead atoms. The third kappa shape index (κ3) is 5.40. The smallest absolute Gasteiger partial charge is 0.243 e. The molecular formula is C23H28N4O4S2. The van der Waals surface area contributed by atoms with Crippen LogP contribution in [0.25, 0.3) is 16.7 Å². The van der Waals surface area contributed by atoms with Crippen LogP contribution in [0.15, 0.2) is 65.2 Å². The first-order valence-corrected chi connectivity index (χ1v) is 13.0. The summed E-state index contributed by atoms with van der Waals surface area (Å²) in [7, 11) is -2.02. The maximum absolute atomic E-state index is 13.0. The first-order valence-electron chi connectivity index (χ1n) is 10.5. The molecule has 0 aliphatic rings. The number of fused-ring (bicyclic) bond motifs is 1. The Bertz CT molecular complexity index is 1230. The van der Waals surface area contributed by atoms with Crippen molar-refractivity contribution in [2.24, 2.45) is 0 Å². The lowest BCUT2D eigenvalue weighted by Crippen LogP contribution is -2.30. The van der Waals surface area contributed by atoms with Gasteiger partial charge in [0, 0.05) is 25.3 Å². The molecule has 33 heavy (non-hydrogen) atoms. The second-order valence-electron chi connectivity index (χ2n) is 7.05. The number of rotatable bonds is 11. The van der Waals surface area contributed by atoms with E-state index in [2.05, 4.69) is 16.9 Å². The van der Waals surface area contributed by atoms with E-state index in [1.165, 1.54) is 16.1 Å². The summed E-state index contributed by atoms with van der Waals surface area (Å²) in [6.45, 7) is 8.38. The van der Waals surface area contributed by atoms with Gasteiger partial charge in [0.25, 0.3) is 0 Å². The quantitative estimate of drug-likeness (QED) is 0.328. The van der Waals surface area contributed by atoms with Crippen molar-refractivity contribution >= 4 is 38.7 Å². The summed E-state index contributed by atoms with van der Waals surface area (Å²) in [5.74, 6) is 0.740. The molecule has 3 rings (SSSR count). The van der Waals surface area contributed by atoms with Crippen molar-refractivity contribution in [2.75, 3.05) is 32.5 Å². The summed E-state index contributed by atoms with van der Waals surface area (Å²) >= 11 is 1.28. The van der Waals surface area contributed by atoms with Gasteiger partial charge in [-0.2, -0.15) is 4.31 Å². The van der Waals surface area contributed by atoms with Crippen LogP contribution in [-0.2, 0) is 14.8 Å². The van der Waals surface area contributed by atoms with Crippen LogP contribution >= 0.6 is 11.8 Å². The van der Waals surface area contributed by atoms with Crippen LogP contribution in [0.4, 0.5) is 0 Å². The van der Waals surface area contributed by atoms with Crippen molar-refractivity contribution in [3.05, 3.63) is 55.1 Å². The number of carbonyl (C=O) groups excluding carboxylic acids is 1. The van der Waals surface area contributed by atoms with E-state index in [9.17, 15) is 13.2 Å². The van der Waals surface area contributed by atoms with E-state index >= 15 is 0 Å². The molecule has 1 amide bonds. The average molecular weight is 489 g/mol. The van der Waals surface area contributed by atoms with Gasteiger partial charge in [0.05, 0.1) is 28.8 Å². The van der Waals surface area contributed by atoms with Crippen LogP contribution in [-0.4, -0.2) is 60.7 Å². The molecule has 0 unspecified atom stereocenters. The molecule has 1 aromatic heterocycles. The van der Waals surface area contributed by atoms with Crippen molar-refractivity contribution in [1.29, 1.82) is 0 Å². The number of nitrogens with one attached hydrogen (secondary N) is 1. The van der Waals surface area contributed by atoms with Crippen LogP contribution in [0.3, 0.4) is 0 Å². The second kappa shape index (κ2) is 10.9. The number of amides is 1. The molecule has 3 aromatic rings. The first kappa shape index (κ1) is 24.8. The van der Waals surface area contributed by atoms with Gasteiger partial charge in [0.1, 0.15) is 5.75 Å². The highest BCUT2D eigenvalue weighted by Crippen LogP contribution is 2.31. The van der Waals surface area contributed by atoms with E-state index < -0.39 is 10.0 Å². The summed E-state index contributed by atoms with van der Waals surface area (Å²) in [6, 6.07) is 12.4. The third-order valence-electron chi connectivity index (χ3n) is 5.04. The summed E-state index contributed by atoms with van der Waals surface area (Å²) in [4.78, 5) is 17.0. The van der Waals surface area contributed by atoms with Gasteiger partial charge in [0.2, 0.25) is 15.9 Å². The van der Waals surface area contributed by atoms with E-state index in [0.717, 1.165) is 11.2 Å². The standard InChI is InChI=1S/C23H28N4O4S2/c1-5-14-24-22(28)16-32-23-25-20-15-19(33(29,30)26(6-2)7-3)12-13-21(20)27(23)17-8-10-18(31-4)11-9-17/h5,8-13,15H,1,6-7,14,16H2,2-4H3,(H,24,28). The molecule has 0 radical (unpaired) electrons. The number of imidazole rings is 1. The zero-order valence-electron chi connectivity index (χ0n) is 18.9. The molecule has 8 nitrogen and oxygen atoms in total. The lowest BCUT2D eigenvalue weighted by atomic mass is 10.2. The minimum atomic E-state index is -3.62. The molecule has 0 atom stereocenters. The van der Waals surface area contributed by atoms with Gasteiger partial charge in [0.15, 0.2) is 5.16 Å². The summed E-state index contributed by atoms with van der Waals surface area (Å²) in [5.41, 5.74) is 2.10. The van der Waals surface area contributed by atoms with Gasteiger partial charge in [-0.1, -0.05) is 31.7 Å². The van der Waals surface area contributed by atoms with Crippen LogP contribution < -0.4 is 10.1 Å². The maximum atomic E-state index is 13.0. The van der Waals surface area contributed by atoms with Crippen LogP contribution in [0.5, 0.6) is 5.75 Å². The number of benzene rings is 2. The van der Waals surface area contributed by atoms with Crippen molar-refractivity contribution in [3.63, 3.8) is 0 Å². The topological polar surface area (TPSA) is 93.5 Å². The third-order valence-corrected chi connectivity index (χ3v) is 8.03. The number of sulfonamides is 1.